The Morgan fingerprint density at radius 2 is 2.04 bits per heavy atom. The van der Waals surface area contributed by atoms with Crippen molar-refractivity contribution < 1.29 is 13.2 Å². The number of hydrogen-bond donors (Lipinski definition) is 1. The van der Waals surface area contributed by atoms with Crippen molar-refractivity contribution >= 4 is 27.3 Å². The van der Waals surface area contributed by atoms with E-state index in [9.17, 15) is 8.42 Å². The topological polar surface area (TPSA) is 81.2 Å². The third-order valence-electron chi connectivity index (χ3n) is 3.65. The first-order valence-electron chi connectivity index (χ1n) is 7.22. The van der Waals surface area contributed by atoms with Crippen LogP contribution >= 0.6 is 11.6 Å². The first-order chi connectivity index (χ1) is 11.1. The molecule has 23 heavy (non-hydrogen) atoms. The van der Waals surface area contributed by atoms with Crippen LogP contribution in [0.1, 0.15) is 6.42 Å². The van der Waals surface area contributed by atoms with Gasteiger partial charge in [0.15, 0.2) is 11.0 Å². The molecule has 1 aromatic carbocycles. The maximum Gasteiger partial charge on any atom is 0.210 e. The van der Waals surface area contributed by atoms with Crippen molar-refractivity contribution in [3.05, 3.63) is 41.6 Å². The number of rotatable bonds is 5. The highest BCUT2D eigenvalue weighted by molar-refractivity contribution is 7.91. The second-order valence-corrected chi connectivity index (χ2v) is 7.61. The van der Waals surface area contributed by atoms with Gasteiger partial charge >= 0.3 is 0 Å². The van der Waals surface area contributed by atoms with Gasteiger partial charge in [0, 0.05) is 25.1 Å². The largest absolute Gasteiger partial charge is 0.381 e. The van der Waals surface area contributed by atoms with Gasteiger partial charge in [-0.2, -0.15) is 0 Å². The van der Waals surface area contributed by atoms with E-state index in [1.165, 1.54) is 18.2 Å². The van der Waals surface area contributed by atoms with Gasteiger partial charge in [-0.25, -0.2) is 8.42 Å². The molecule has 0 aliphatic carbocycles. The molecule has 1 saturated heterocycles. The van der Waals surface area contributed by atoms with E-state index in [0.29, 0.717) is 19.1 Å². The molecule has 0 amide bonds. The lowest BCUT2D eigenvalue weighted by molar-refractivity contribution is 0.187. The monoisotopic (exact) mass is 353 g/mol. The highest BCUT2D eigenvalue weighted by Gasteiger charge is 2.24. The third kappa shape index (κ3) is 3.63. The Balaban J connectivity index is 1.92. The number of aromatic nitrogens is 2. The second kappa shape index (κ2) is 6.82. The van der Waals surface area contributed by atoms with Crippen LogP contribution < -0.4 is 5.32 Å². The number of nitrogens with one attached hydrogen (secondary N) is 1. The van der Waals surface area contributed by atoms with Crippen LogP contribution in [0.25, 0.3) is 0 Å². The van der Waals surface area contributed by atoms with E-state index in [0.717, 1.165) is 13.0 Å². The molecule has 1 fully saturated rings. The number of sulfone groups is 1. The van der Waals surface area contributed by atoms with E-state index in [-0.39, 0.29) is 20.8 Å². The summed E-state index contributed by atoms with van der Waals surface area (Å²) in [5.74, 6) is 0.546. The van der Waals surface area contributed by atoms with Crippen LogP contribution in [0.15, 0.2) is 46.2 Å². The molecule has 0 bridgehead atoms. The molecule has 6 nitrogen and oxygen atoms in total. The van der Waals surface area contributed by atoms with Crippen molar-refractivity contribution in [2.45, 2.75) is 16.2 Å². The van der Waals surface area contributed by atoms with Gasteiger partial charge in [0.1, 0.15) is 4.90 Å². The molecule has 122 valence electrons. The van der Waals surface area contributed by atoms with Crippen LogP contribution in [-0.4, -0.2) is 38.4 Å². The average molecular weight is 354 g/mol. The molecule has 2 heterocycles. The first-order valence-corrected chi connectivity index (χ1v) is 9.08. The van der Waals surface area contributed by atoms with E-state index in [2.05, 4.69) is 15.5 Å². The summed E-state index contributed by atoms with van der Waals surface area (Å²) in [5, 5.41) is 10.8. The second-order valence-electron chi connectivity index (χ2n) is 5.31. The number of nitrogens with zero attached hydrogens (tertiary/aromatic N) is 2. The molecule has 1 aromatic heterocycles. The van der Waals surface area contributed by atoms with Gasteiger partial charge in [-0.05, 0) is 18.6 Å². The zero-order chi connectivity index (χ0) is 16.3. The van der Waals surface area contributed by atoms with Crippen LogP contribution in [-0.2, 0) is 14.6 Å². The molecule has 1 unspecified atom stereocenters. The van der Waals surface area contributed by atoms with Crippen LogP contribution in [0, 0.1) is 5.92 Å². The van der Waals surface area contributed by atoms with Crippen LogP contribution in [0.3, 0.4) is 0 Å². The minimum atomic E-state index is -3.72. The molecule has 1 N–H and O–H groups in total. The summed E-state index contributed by atoms with van der Waals surface area (Å²) < 4.78 is 30.9. The van der Waals surface area contributed by atoms with E-state index >= 15 is 0 Å². The van der Waals surface area contributed by atoms with Crippen molar-refractivity contribution in [2.24, 2.45) is 5.92 Å². The Labute approximate surface area is 139 Å². The summed E-state index contributed by atoms with van der Waals surface area (Å²) >= 11 is 5.85. The van der Waals surface area contributed by atoms with Crippen molar-refractivity contribution in [1.82, 2.24) is 10.2 Å². The summed E-state index contributed by atoms with van der Waals surface area (Å²) in [6.45, 7) is 1.97. The summed E-state index contributed by atoms with van der Waals surface area (Å²) in [5.41, 5.74) is 0. The Hall–Kier alpha value is -1.70. The molecule has 1 aliphatic heterocycles. The fraction of sp³-hybridized carbons (Fsp3) is 0.333. The van der Waals surface area contributed by atoms with Gasteiger partial charge in [-0.3, -0.25) is 0 Å². The molecule has 2 aromatic rings. The maximum atomic E-state index is 12.8. The molecular weight excluding hydrogens is 338 g/mol. The van der Waals surface area contributed by atoms with Gasteiger partial charge in [0.2, 0.25) is 9.84 Å². The van der Waals surface area contributed by atoms with Gasteiger partial charge in [0.05, 0.1) is 11.5 Å². The number of ether oxygens (including phenoxy) is 1. The number of anilines is 1. The van der Waals surface area contributed by atoms with Crippen LogP contribution in [0.2, 0.25) is 5.15 Å². The minimum Gasteiger partial charge on any atom is -0.381 e. The van der Waals surface area contributed by atoms with E-state index < -0.39 is 9.84 Å². The molecule has 1 aliphatic rings. The number of halogens is 1. The van der Waals surface area contributed by atoms with E-state index in [1.54, 1.807) is 18.2 Å². The lowest BCUT2D eigenvalue weighted by Gasteiger charge is -2.13. The van der Waals surface area contributed by atoms with E-state index in [1.807, 2.05) is 0 Å². The van der Waals surface area contributed by atoms with Crippen molar-refractivity contribution in [3.8, 4) is 0 Å². The van der Waals surface area contributed by atoms with Crippen LogP contribution in [0.5, 0.6) is 0 Å². The van der Waals surface area contributed by atoms with Crippen LogP contribution in [0.4, 0.5) is 5.82 Å². The zero-order valence-electron chi connectivity index (χ0n) is 12.3. The van der Waals surface area contributed by atoms with Crippen molar-refractivity contribution in [2.75, 3.05) is 25.1 Å². The van der Waals surface area contributed by atoms with Gasteiger partial charge in [-0.1, -0.05) is 29.8 Å². The molecule has 0 saturated carbocycles. The zero-order valence-corrected chi connectivity index (χ0v) is 13.8. The predicted molar refractivity (Wildman–Crippen MR) is 86.4 cm³/mol. The minimum absolute atomic E-state index is 0.0302. The van der Waals surface area contributed by atoms with Gasteiger partial charge < -0.3 is 10.1 Å². The molecule has 0 radical (unpaired) electrons. The van der Waals surface area contributed by atoms with Crippen molar-refractivity contribution in [1.29, 1.82) is 0 Å². The van der Waals surface area contributed by atoms with Crippen molar-refractivity contribution in [3.63, 3.8) is 0 Å². The summed E-state index contributed by atoms with van der Waals surface area (Å²) in [6.07, 6.45) is 0.939. The van der Waals surface area contributed by atoms with Gasteiger partial charge in [-0.15, -0.1) is 10.2 Å². The molecule has 0 spiro atoms. The Morgan fingerprint density at radius 1 is 1.26 bits per heavy atom. The molecule has 8 heteroatoms. The summed E-state index contributed by atoms with van der Waals surface area (Å²) in [6, 6.07) is 9.51. The number of benzene rings is 1. The fourth-order valence-electron chi connectivity index (χ4n) is 2.39. The average Bonchev–Trinajstić information content (AvgIpc) is 3.08. The van der Waals surface area contributed by atoms with E-state index in [4.69, 9.17) is 16.3 Å². The number of hydrogen-bond acceptors (Lipinski definition) is 6. The summed E-state index contributed by atoms with van der Waals surface area (Å²) in [4.78, 5) is 0.221. The highest BCUT2D eigenvalue weighted by atomic mass is 35.5. The molecular formula is C15H16ClN3O3S. The smallest absolute Gasteiger partial charge is 0.210 e. The molecule has 3 rings (SSSR count). The quantitative estimate of drug-likeness (QED) is 0.889. The van der Waals surface area contributed by atoms with Gasteiger partial charge in [0.25, 0.3) is 0 Å². The lowest BCUT2D eigenvalue weighted by atomic mass is 10.1. The first kappa shape index (κ1) is 16.2. The Morgan fingerprint density at radius 3 is 2.74 bits per heavy atom. The lowest BCUT2D eigenvalue weighted by Crippen LogP contribution is -2.17. The fourth-order valence-corrected chi connectivity index (χ4v) is 4.01. The third-order valence-corrected chi connectivity index (χ3v) is 5.62. The molecule has 1 atom stereocenters. The Bertz CT molecular complexity index is 778. The maximum absolute atomic E-state index is 12.8. The predicted octanol–water partition coefficient (Wildman–Crippen LogP) is 2.41. The Kier molecular flexibility index (Phi) is 4.79. The summed E-state index contributed by atoms with van der Waals surface area (Å²) in [7, 11) is -3.72. The highest BCUT2D eigenvalue weighted by Crippen LogP contribution is 2.28. The SMILES string of the molecule is O=S(=O)(c1ccccc1)c1cc(Cl)nnc1NCC1CCOC1. The standard InChI is InChI=1S/C15H16ClN3O3S/c16-14-8-13(23(20,21)12-4-2-1-3-5-12)15(19-18-14)17-9-11-6-7-22-10-11/h1-5,8,11H,6-7,9-10H2,(H,17,19). The normalized spacial score (nSPS) is 18.0.